The van der Waals surface area contributed by atoms with E-state index in [2.05, 4.69) is 15.3 Å². The lowest BCUT2D eigenvalue weighted by molar-refractivity contribution is 0.628. The molecule has 3 aromatic rings. The summed E-state index contributed by atoms with van der Waals surface area (Å²) in [6.45, 7) is 0. The molecule has 0 aliphatic rings. The van der Waals surface area contributed by atoms with Crippen molar-refractivity contribution in [2.24, 2.45) is 5.10 Å². The van der Waals surface area contributed by atoms with Crippen LogP contribution in [-0.4, -0.2) is 21.1 Å². The van der Waals surface area contributed by atoms with Crippen LogP contribution in [0.2, 0.25) is 5.02 Å². The van der Waals surface area contributed by atoms with Gasteiger partial charge in [-0.05, 0) is 42.0 Å². The van der Waals surface area contributed by atoms with E-state index in [-0.39, 0.29) is 10.6 Å². The molecule has 0 aliphatic carbocycles. The molecule has 7 heteroatoms. The van der Waals surface area contributed by atoms with E-state index >= 15 is 0 Å². The highest BCUT2D eigenvalue weighted by atomic mass is 35.5. The van der Waals surface area contributed by atoms with E-state index in [0.717, 1.165) is 5.56 Å². The molecule has 0 unspecified atom stereocenters. The molecule has 0 atom stereocenters. The summed E-state index contributed by atoms with van der Waals surface area (Å²) in [5, 5.41) is 11.6. The summed E-state index contributed by atoms with van der Waals surface area (Å²) in [4.78, 5) is 0. The Kier molecular flexibility index (Phi) is 4.13. The fraction of sp³-hybridized carbons (Fsp3) is 0. The third kappa shape index (κ3) is 2.98. The topological polar surface area (TPSA) is 46.0 Å². The van der Waals surface area contributed by atoms with Crippen molar-refractivity contribution in [1.82, 2.24) is 14.9 Å². The number of rotatable bonds is 3. The lowest BCUT2D eigenvalue weighted by Gasteiger charge is -2.02. The maximum absolute atomic E-state index is 13.9. The van der Waals surface area contributed by atoms with Crippen LogP contribution in [-0.2, 0) is 0 Å². The summed E-state index contributed by atoms with van der Waals surface area (Å²) in [5.41, 5.74) is 1.16. The molecule has 0 amide bonds. The maximum Gasteiger partial charge on any atom is 0.216 e. The average molecular weight is 333 g/mol. The minimum atomic E-state index is -0.389. The van der Waals surface area contributed by atoms with Gasteiger partial charge in [0.1, 0.15) is 5.82 Å². The van der Waals surface area contributed by atoms with Crippen LogP contribution in [0.4, 0.5) is 4.39 Å². The number of benzene rings is 2. The highest BCUT2D eigenvalue weighted by Gasteiger charge is 2.12. The van der Waals surface area contributed by atoms with Crippen LogP contribution in [0.25, 0.3) is 11.4 Å². The number of halogens is 2. The van der Waals surface area contributed by atoms with Gasteiger partial charge in [-0.1, -0.05) is 35.9 Å². The summed E-state index contributed by atoms with van der Waals surface area (Å²) < 4.78 is 15.6. The number of aromatic nitrogens is 3. The zero-order chi connectivity index (χ0) is 15.5. The molecule has 22 heavy (non-hydrogen) atoms. The molecular formula is C15H10ClFN4S. The predicted molar refractivity (Wildman–Crippen MR) is 87.2 cm³/mol. The molecule has 110 valence electrons. The molecule has 0 aliphatic heterocycles. The number of nitrogens with one attached hydrogen (secondary N) is 1. The molecule has 0 radical (unpaired) electrons. The fourth-order valence-corrected chi connectivity index (χ4v) is 2.19. The van der Waals surface area contributed by atoms with Gasteiger partial charge in [-0.15, -0.1) is 0 Å². The van der Waals surface area contributed by atoms with Crippen LogP contribution in [0.5, 0.6) is 0 Å². The Hall–Kier alpha value is -2.31. The standard InChI is InChI=1S/C15H10ClFN4S/c16-11-7-5-10(6-8-11)9-18-21-14(19-20-15(21)22)12-3-1-2-4-13(12)17/h1-9H,(H,20,22)/b18-9+. The second-order valence-electron chi connectivity index (χ2n) is 4.44. The lowest BCUT2D eigenvalue weighted by Crippen LogP contribution is -1.96. The van der Waals surface area contributed by atoms with E-state index in [9.17, 15) is 4.39 Å². The molecule has 2 aromatic carbocycles. The third-order valence-corrected chi connectivity index (χ3v) is 3.47. The first-order valence-corrected chi connectivity index (χ1v) is 7.16. The monoisotopic (exact) mass is 332 g/mol. The largest absolute Gasteiger partial charge is 0.250 e. The molecule has 4 nitrogen and oxygen atoms in total. The molecule has 0 spiro atoms. The molecule has 1 aromatic heterocycles. The van der Waals surface area contributed by atoms with Crippen LogP contribution in [0.1, 0.15) is 5.56 Å². The van der Waals surface area contributed by atoms with Crippen molar-refractivity contribution < 1.29 is 4.39 Å². The smallest absolute Gasteiger partial charge is 0.216 e. The van der Waals surface area contributed by atoms with Crippen molar-refractivity contribution in [2.75, 3.05) is 0 Å². The number of nitrogens with zero attached hydrogens (tertiary/aromatic N) is 3. The molecule has 0 saturated heterocycles. The SMILES string of the molecule is Fc1ccccc1-c1n[nH]c(=S)n1/N=C/c1ccc(Cl)cc1. The van der Waals surface area contributed by atoms with Crippen LogP contribution in [0.3, 0.4) is 0 Å². The van der Waals surface area contributed by atoms with Crippen molar-refractivity contribution in [3.63, 3.8) is 0 Å². The first-order chi connectivity index (χ1) is 10.6. The Labute approximate surface area is 135 Å². The van der Waals surface area contributed by atoms with Gasteiger partial charge in [-0.3, -0.25) is 0 Å². The fourth-order valence-electron chi connectivity index (χ4n) is 1.89. The second-order valence-corrected chi connectivity index (χ2v) is 5.26. The highest BCUT2D eigenvalue weighted by Crippen LogP contribution is 2.20. The predicted octanol–water partition coefficient (Wildman–Crippen LogP) is 4.28. The van der Waals surface area contributed by atoms with E-state index in [4.69, 9.17) is 23.8 Å². The zero-order valence-corrected chi connectivity index (χ0v) is 12.8. The zero-order valence-electron chi connectivity index (χ0n) is 11.2. The first-order valence-electron chi connectivity index (χ1n) is 6.37. The molecule has 1 heterocycles. The Morgan fingerprint density at radius 2 is 1.91 bits per heavy atom. The van der Waals surface area contributed by atoms with E-state index in [1.165, 1.54) is 10.7 Å². The summed E-state index contributed by atoms with van der Waals surface area (Å²) in [7, 11) is 0. The number of H-pyrrole nitrogens is 1. The summed E-state index contributed by atoms with van der Waals surface area (Å²) in [6.07, 6.45) is 1.60. The van der Waals surface area contributed by atoms with Gasteiger partial charge in [0.2, 0.25) is 4.77 Å². The van der Waals surface area contributed by atoms with Crippen LogP contribution in [0, 0.1) is 10.6 Å². The van der Waals surface area contributed by atoms with Crippen LogP contribution in [0.15, 0.2) is 53.6 Å². The van der Waals surface area contributed by atoms with E-state index in [1.54, 1.807) is 36.5 Å². The number of hydrogen-bond acceptors (Lipinski definition) is 3. The van der Waals surface area contributed by atoms with Crippen molar-refractivity contribution in [2.45, 2.75) is 0 Å². The van der Waals surface area contributed by atoms with Gasteiger partial charge in [-0.25, -0.2) is 9.49 Å². The Morgan fingerprint density at radius 3 is 2.64 bits per heavy atom. The number of hydrogen-bond donors (Lipinski definition) is 1. The summed E-state index contributed by atoms with van der Waals surface area (Å²) in [6, 6.07) is 13.5. The quantitative estimate of drug-likeness (QED) is 0.574. The van der Waals surface area contributed by atoms with Gasteiger partial charge in [0, 0.05) is 5.02 Å². The summed E-state index contributed by atoms with van der Waals surface area (Å²) >= 11 is 11.0. The van der Waals surface area contributed by atoms with Crippen molar-refractivity contribution in [3.8, 4) is 11.4 Å². The van der Waals surface area contributed by atoms with Gasteiger partial charge < -0.3 is 0 Å². The van der Waals surface area contributed by atoms with Gasteiger partial charge in [0.25, 0.3) is 0 Å². The Bertz CT molecular complexity index is 883. The van der Waals surface area contributed by atoms with Gasteiger partial charge in [0.05, 0.1) is 11.8 Å². The molecule has 3 rings (SSSR count). The van der Waals surface area contributed by atoms with Gasteiger partial charge >= 0.3 is 0 Å². The lowest BCUT2D eigenvalue weighted by atomic mass is 10.2. The normalized spacial score (nSPS) is 11.2. The van der Waals surface area contributed by atoms with Gasteiger partial charge in [-0.2, -0.15) is 14.9 Å². The third-order valence-electron chi connectivity index (χ3n) is 2.96. The summed E-state index contributed by atoms with van der Waals surface area (Å²) in [5.74, 6) is -0.0762. The molecular weight excluding hydrogens is 323 g/mol. The van der Waals surface area contributed by atoms with Crippen LogP contribution < -0.4 is 0 Å². The Morgan fingerprint density at radius 1 is 1.18 bits per heavy atom. The van der Waals surface area contributed by atoms with Crippen molar-refractivity contribution in [3.05, 3.63) is 69.7 Å². The molecule has 0 saturated carbocycles. The van der Waals surface area contributed by atoms with E-state index in [1.807, 2.05) is 12.1 Å². The average Bonchev–Trinajstić information content (AvgIpc) is 2.88. The second kappa shape index (κ2) is 6.21. The van der Waals surface area contributed by atoms with Crippen LogP contribution >= 0.6 is 23.8 Å². The molecule has 0 fully saturated rings. The first kappa shape index (κ1) is 14.6. The van der Waals surface area contributed by atoms with E-state index < -0.39 is 0 Å². The van der Waals surface area contributed by atoms with E-state index in [0.29, 0.717) is 16.4 Å². The minimum Gasteiger partial charge on any atom is -0.250 e. The Balaban J connectivity index is 2.02. The maximum atomic E-state index is 13.9. The highest BCUT2D eigenvalue weighted by molar-refractivity contribution is 7.71. The van der Waals surface area contributed by atoms with Gasteiger partial charge in [0.15, 0.2) is 5.82 Å². The molecule has 0 bridgehead atoms. The molecule has 1 N–H and O–H groups in total. The van der Waals surface area contributed by atoms with Crippen molar-refractivity contribution in [1.29, 1.82) is 0 Å². The van der Waals surface area contributed by atoms with Crippen molar-refractivity contribution >= 4 is 30.0 Å². The minimum absolute atomic E-state index is 0.281. The number of aromatic amines is 1.